The molecule has 8 nitrogen and oxygen atoms in total. The van der Waals surface area contributed by atoms with Crippen LogP contribution < -0.4 is 0 Å². The first-order chi connectivity index (χ1) is 15.3. The van der Waals surface area contributed by atoms with Gasteiger partial charge in [0.05, 0.1) is 5.54 Å². The highest BCUT2D eigenvalue weighted by Gasteiger charge is 2.56. The number of nitrogens with zero attached hydrogens (tertiary/aromatic N) is 2. The summed E-state index contributed by atoms with van der Waals surface area (Å²) in [6, 6.07) is 19.3. The van der Waals surface area contributed by atoms with Crippen LogP contribution in [0.5, 0.6) is 0 Å². The highest BCUT2D eigenvalue weighted by Crippen LogP contribution is 2.43. The SMILES string of the molecule is C[C@H]1CN(C(=O)O)[C@]12CCN(Cc1ccccc1)C2.O=C(O)C(=O)OCc1ccccc1. The Labute approximate surface area is 187 Å². The number of ether oxygens (including phenoxy) is 1. The van der Waals surface area contributed by atoms with Crippen molar-refractivity contribution in [1.82, 2.24) is 9.80 Å². The molecule has 2 heterocycles. The minimum atomic E-state index is -1.57. The number of amides is 1. The van der Waals surface area contributed by atoms with Gasteiger partial charge in [-0.1, -0.05) is 67.6 Å². The van der Waals surface area contributed by atoms with E-state index in [-0.39, 0.29) is 12.1 Å². The number of hydrogen-bond donors (Lipinski definition) is 2. The third-order valence-electron chi connectivity index (χ3n) is 6.14. The molecule has 2 fully saturated rings. The Morgan fingerprint density at radius 3 is 2.12 bits per heavy atom. The van der Waals surface area contributed by atoms with Gasteiger partial charge in [-0.05, 0) is 23.5 Å². The van der Waals surface area contributed by atoms with Crippen molar-refractivity contribution in [3.8, 4) is 0 Å². The van der Waals surface area contributed by atoms with E-state index < -0.39 is 18.0 Å². The number of esters is 1. The molecule has 2 aromatic carbocycles. The average Bonchev–Trinajstić information content (AvgIpc) is 3.24. The molecule has 0 radical (unpaired) electrons. The normalized spacial score (nSPS) is 21.9. The van der Waals surface area contributed by atoms with Crippen LogP contribution >= 0.6 is 0 Å². The zero-order chi connectivity index (χ0) is 23.1. The van der Waals surface area contributed by atoms with Crippen molar-refractivity contribution in [2.24, 2.45) is 5.92 Å². The number of carbonyl (C=O) groups is 3. The number of aliphatic carboxylic acids is 1. The molecule has 2 aliphatic heterocycles. The molecule has 2 aliphatic rings. The van der Waals surface area contributed by atoms with E-state index in [1.54, 1.807) is 29.2 Å². The second-order valence-corrected chi connectivity index (χ2v) is 8.21. The number of carboxylic acid groups (broad SMARTS) is 2. The number of rotatable bonds is 4. The standard InChI is InChI=1S/C15H20N2O2.C9H8O4/c1-12-9-17(14(18)19)15(12)7-8-16(11-15)10-13-5-3-2-4-6-13;10-8(11)9(12)13-6-7-4-2-1-3-5-7/h2-6,12H,7-11H2,1H3,(H,18,19);1-5H,6H2,(H,10,11)/t12-,15-;/m0./s1. The molecule has 4 rings (SSSR count). The van der Waals surface area contributed by atoms with Gasteiger partial charge in [0, 0.05) is 26.2 Å². The predicted molar refractivity (Wildman–Crippen MR) is 117 cm³/mol. The van der Waals surface area contributed by atoms with E-state index in [9.17, 15) is 19.5 Å². The fourth-order valence-electron chi connectivity index (χ4n) is 4.33. The van der Waals surface area contributed by atoms with Gasteiger partial charge >= 0.3 is 18.0 Å². The second kappa shape index (κ2) is 10.3. The zero-order valence-corrected chi connectivity index (χ0v) is 18.0. The Morgan fingerprint density at radius 2 is 1.59 bits per heavy atom. The Hall–Kier alpha value is -3.39. The van der Waals surface area contributed by atoms with Crippen molar-refractivity contribution in [2.45, 2.75) is 32.0 Å². The van der Waals surface area contributed by atoms with Crippen molar-refractivity contribution in [3.63, 3.8) is 0 Å². The molecule has 0 bridgehead atoms. The number of benzene rings is 2. The molecule has 32 heavy (non-hydrogen) atoms. The van der Waals surface area contributed by atoms with E-state index >= 15 is 0 Å². The van der Waals surface area contributed by atoms with E-state index in [1.807, 2.05) is 12.1 Å². The molecular weight excluding hydrogens is 412 g/mol. The summed E-state index contributed by atoms with van der Waals surface area (Å²) in [6.45, 7) is 5.63. The molecule has 0 aromatic heterocycles. The van der Waals surface area contributed by atoms with Gasteiger partial charge in [0.2, 0.25) is 0 Å². The van der Waals surface area contributed by atoms with E-state index in [0.29, 0.717) is 12.5 Å². The van der Waals surface area contributed by atoms with Crippen LogP contribution in [0.3, 0.4) is 0 Å². The Bertz CT molecular complexity index is 936. The summed E-state index contributed by atoms with van der Waals surface area (Å²) in [5, 5.41) is 17.4. The smallest absolute Gasteiger partial charge is 0.417 e. The number of likely N-dealkylation sites (tertiary alicyclic amines) is 2. The maximum absolute atomic E-state index is 11.3. The minimum Gasteiger partial charge on any atom is -0.473 e. The highest BCUT2D eigenvalue weighted by atomic mass is 16.6. The Balaban J connectivity index is 0.000000195. The monoisotopic (exact) mass is 440 g/mol. The first kappa shape index (κ1) is 23.3. The fraction of sp³-hybridized carbons (Fsp3) is 0.375. The lowest BCUT2D eigenvalue weighted by Gasteiger charge is -2.54. The van der Waals surface area contributed by atoms with Gasteiger partial charge in [0.1, 0.15) is 6.61 Å². The van der Waals surface area contributed by atoms with Gasteiger partial charge in [-0.2, -0.15) is 0 Å². The lowest BCUT2D eigenvalue weighted by Crippen LogP contribution is -2.68. The lowest BCUT2D eigenvalue weighted by molar-refractivity contribution is -0.164. The highest BCUT2D eigenvalue weighted by molar-refractivity contribution is 6.28. The van der Waals surface area contributed by atoms with Gasteiger partial charge in [0.15, 0.2) is 0 Å². The molecule has 1 amide bonds. The van der Waals surface area contributed by atoms with Crippen LogP contribution in [-0.4, -0.2) is 63.2 Å². The summed E-state index contributed by atoms with van der Waals surface area (Å²) >= 11 is 0. The molecule has 2 saturated heterocycles. The summed E-state index contributed by atoms with van der Waals surface area (Å²) in [7, 11) is 0. The van der Waals surface area contributed by atoms with E-state index in [2.05, 4.69) is 40.8 Å². The number of hydrogen-bond acceptors (Lipinski definition) is 5. The summed E-state index contributed by atoms with van der Waals surface area (Å²) in [6.07, 6.45) is 0.201. The molecule has 0 saturated carbocycles. The van der Waals surface area contributed by atoms with Gasteiger partial charge < -0.3 is 19.8 Å². The van der Waals surface area contributed by atoms with E-state index in [1.165, 1.54) is 5.56 Å². The minimum absolute atomic E-state index is 0.00796. The third-order valence-corrected chi connectivity index (χ3v) is 6.14. The summed E-state index contributed by atoms with van der Waals surface area (Å²) < 4.78 is 4.45. The zero-order valence-electron chi connectivity index (χ0n) is 18.0. The lowest BCUT2D eigenvalue weighted by atomic mass is 9.74. The van der Waals surface area contributed by atoms with Crippen LogP contribution in [0, 0.1) is 5.92 Å². The average molecular weight is 440 g/mol. The number of carbonyl (C=O) groups excluding carboxylic acids is 1. The number of carboxylic acids is 1. The quantitative estimate of drug-likeness (QED) is 0.556. The Morgan fingerprint density at radius 1 is 1.00 bits per heavy atom. The van der Waals surface area contributed by atoms with Crippen LogP contribution in [0.2, 0.25) is 0 Å². The molecule has 0 aliphatic carbocycles. The van der Waals surface area contributed by atoms with Crippen molar-refractivity contribution in [3.05, 3.63) is 71.8 Å². The molecule has 2 aromatic rings. The van der Waals surface area contributed by atoms with Crippen molar-refractivity contribution in [2.75, 3.05) is 19.6 Å². The van der Waals surface area contributed by atoms with Gasteiger partial charge in [-0.25, -0.2) is 14.4 Å². The summed E-state index contributed by atoms with van der Waals surface area (Å²) in [5.74, 6) is -2.33. The molecule has 8 heteroatoms. The summed E-state index contributed by atoms with van der Waals surface area (Å²) in [5.41, 5.74) is 1.94. The predicted octanol–water partition coefficient (Wildman–Crippen LogP) is 3.08. The van der Waals surface area contributed by atoms with Gasteiger partial charge in [-0.15, -0.1) is 0 Å². The first-order valence-corrected chi connectivity index (χ1v) is 10.5. The van der Waals surface area contributed by atoms with E-state index in [4.69, 9.17) is 5.11 Å². The second-order valence-electron chi connectivity index (χ2n) is 8.21. The van der Waals surface area contributed by atoms with Crippen LogP contribution in [0.1, 0.15) is 24.5 Å². The molecule has 2 atom stereocenters. The van der Waals surface area contributed by atoms with E-state index in [0.717, 1.165) is 31.6 Å². The fourth-order valence-corrected chi connectivity index (χ4v) is 4.33. The van der Waals surface area contributed by atoms with Crippen LogP contribution in [0.15, 0.2) is 60.7 Å². The molecule has 2 N–H and O–H groups in total. The molecule has 1 spiro atoms. The van der Waals surface area contributed by atoms with Gasteiger partial charge in [0.25, 0.3) is 0 Å². The summed E-state index contributed by atoms with van der Waals surface area (Å²) in [4.78, 5) is 35.8. The first-order valence-electron chi connectivity index (χ1n) is 10.5. The largest absolute Gasteiger partial charge is 0.473 e. The van der Waals surface area contributed by atoms with Crippen LogP contribution in [0.25, 0.3) is 0 Å². The molecular formula is C24H28N2O6. The van der Waals surface area contributed by atoms with Crippen molar-refractivity contribution in [1.29, 1.82) is 0 Å². The Kier molecular flexibility index (Phi) is 7.48. The molecule has 170 valence electrons. The van der Waals surface area contributed by atoms with Gasteiger partial charge in [-0.3, -0.25) is 4.90 Å². The maximum atomic E-state index is 11.3. The van der Waals surface area contributed by atoms with Crippen LogP contribution in [-0.2, 0) is 27.5 Å². The van der Waals surface area contributed by atoms with Crippen LogP contribution in [0.4, 0.5) is 4.79 Å². The topological polar surface area (TPSA) is 107 Å². The maximum Gasteiger partial charge on any atom is 0.417 e. The van der Waals surface area contributed by atoms with Crippen molar-refractivity contribution < 1.29 is 29.3 Å². The van der Waals surface area contributed by atoms with Crippen molar-refractivity contribution >= 4 is 18.0 Å². The third kappa shape index (κ3) is 5.45. The molecule has 0 unspecified atom stereocenters.